The zero-order valence-corrected chi connectivity index (χ0v) is 15.5. The van der Waals surface area contributed by atoms with Crippen molar-refractivity contribution in [2.24, 2.45) is 23.2 Å². The van der Waals surface area contributed by atoms with Crippen LogP contribution in [0, 0.1) is 23.2 Å². The second-order valence-corrected chi connectivity index (χ2v) is 11.0. The Morgan fingerprint density at radius 3 is 2.18 bits per heavy atom. The first kappa shape index (κ1) is 15.5. The number of rotatable bonds is 5. The minimum absolute atomic E-state index is 0.00813. The Bertz CT molecular complexity index is 550. The summed E-state index contributed by atoms with van der Waals surface area (Å²) in [6.45, 7) is 2.08. The Balaban J connectivity index is 1.48. The summed E-state index contributed by atoms with van der Waals surface area (Å²) in [6, 6.07) is 0. The van der Waals surface area contributed by atoms with Gasteiger partial charge in [-0.2, -0.15) is 0 Å². The Kier molecular flexibility index (Phi) is 4.06. The highest BCUT2D eigenvalue weighted by Gasteiger charge is 2.55. The van der Waals surface area contributed by atoms with Gasteiger partial charge in [0.05, 0.1) is 5.25 Å². The SMILES string of the molecule is CSc1nnc(SC(C)C(=O)C23CC4CC(CC(C4)C2)C3)s1. The van der Waals surface area contributed by atoms with Gasteiger partial charge in [-0.05, 0) is 69.5 Å². The lowest BCUT2D eigenvalue weighted by Gasteiger charge is -2.56. The van der Waals surface area contributed by atoms with Crippen molar-refractivity contribution in [3.05, 3.63) is 0 Å². The number of hydrogen-bond donors (Lipinski definition) is 0. The van der Waals surface area contributed by atoms with Gasteiger partial charge in [-0.25, -0.2) is 0 Å². The van der Waals surface area contributed by atoms with E-state index in [9.17, 15) is 4.79 Å². The van der Waals surface area contributed by atoms with Crippen LogP contribution in [-0.4, -0.2) is 27.5 Å². The van der Waals surface area contributed by atoms with Crippen LogP contribution in [0.2, 0.25) is 0 Å². The molecule has 1 aromatic heterocycles. The van der Waals surface area contributed by atoms with E-state index in [2.05, 4.69) is 17.1 Å². The predicted octanol–water partition coefficient (Wildman–Crippen LogP) is 4.53. The van der Waals surface area contributed by atoms with Gasteiger partial charge < -0.3 is 0 Å². The van der Waals surface area contributed by atoms with E-state index in [0.717, 1.165) is 45.7 Å². The number of carbonyl (C=O) groups is 1. The second-order valence-electron chi connectivity index (χ2n) is 7.36. The third-order valence-electron chi connectivity index (χ3n) is 5.77. The van der Waals surface area contributed by atoms with Gasteiger partial charge in [0, 0.05) is 5.41 Å². The summed E-state index contributed by atoms with van der Waals surface area (Å²) in [5, 5.41) is 8.37. The number of nitrogens with zero attached hydrogens (tertiary/aromatic N) is 2. The van der Waals surface area contributed by atoms with Crippen molar-refractivity contribution in [3.8, 4) is 0 Å². The lowest BCUT2D eigenvalue weighted by Crippen LogP contribution is -2.51. The van der Waals surface area contributed by atoms with Crippen molar-refractivity contribution >= 4 is 40.6 Å². The quantitative estimate of drug-likeness (QED) is 0.727. The van der Waals surface area contributed by atoms with Crippen molar-refractivity contribution in [1.82, 2.24) is 10.2 Å². The van der Waals surface area contributed by atoms with Crippen molar-refractivity contribution in [3.63, 3.8) is 0 Å². The van der Waals surface area contributed by atoms with Crippen LogP contribution in [0.15, 0.2) is 8.68 Å². The van der Waals surface area contributed by atoms with Crippen LogP contribution in [0.3, 0.4) is 0 Å². The van der Waals surface area contributed by atoms with Crippen LogP contribution >= 0.6 is 34.9 Å². The Morgan fingerprint density at radius 1 is 1.14 bits per heavy atom. The molecule has 4 saturated carbocycles. The highest BCUT2D eigenvalue weighted by atomic mass is 32.2. The van der Waals surface area contributed by atoms with E-state index in [0.29, 0.717) is 5.78 Å². The molecule has 1 unspecified atom stereocenters. The molecule has 0 aliphatic heterocycles. The van der Waals surface area contributed by atoms with E-state index >= 15 is 0 Å². The molecule has 4 aliphatic rings. The van der Waals surface area contributed by atoms with Gasteiger partial charge in [0.2, 0.25) is 0 Å². The molecule has 4 bridgehead atoms. The molecule has 4 aliphatic carbocycles. The van der Waals surface area contributed by atoms with Gasteiger partial charge in [0.15, 0.2) is 14.5 Å². The monoisotopic (exact) mass is 354 g/mol. The highest BCUT2D eigenvalue weighted by molar-refractivity contribution is 8.03. The summed E-state index contributed by atoms with van der Waals surface area (Å²) in [4.78, 5) is 13.2. The van der Waals surface area contributed by atoms with Gasteiger partial charge in [-0.1, -0.05) is 34.9 Å². The van der Waals surface area contributed by atoms with Crippen molar-refractivity contribution < 1.29 is 4.79 Å². The standard InChI is InChI=1S/C16H22N2OS3/c1-9(21-15-18-17-14(20-2)22-15)13(19)16-6-10-3-11(7-16)5-12(4-10)8-16/h9-12H,3-8H2,1-2H3. The molecule has 0 N–H and O–H groups in total. The Hall–Kier alpha value is -0.0700. The fourth-order valence-corrected chi connectivity index (χ4v) is 8.15. The summed E-state index contributed by atoms with van der Waals surface area (Å²) in [7, 11) is 0. The maximum absolute atomic E-state index is 13.2. The average Bonchev–Trinajstić information content (AvgIpc) is 2.92. The third-order valence-corrected chi connectivity index (χ3v) is 8.85. The molecular formula is C16H22N2OS3. The summed E-state index contributed by atoms with van der Waals surface area (Å²) >= 11 is 4.85. The molecule has 0 aromatic carbocycles. The molecule has 0 amide bonds. The van der Waals surface area contributed by atoms with Crippen LogP contribution in [-0.2, 0) is 4.79 Å². The number of ketones is 1. The Labute approximate surface area is 144 Å². The fraction of sp³-hybridized carbons (Fsp3) is 0.812. The molecule has 1 heterocycles. The number of aromatic nitrogens is 2. The molecule has 6 heteroatoms. The number of thioether (sulfide) groups is 2. The van der Waals surface area contributed by atoms with E-state index in [-0.39, 0.29) is 10.7 Å². The Morgan fingerprint density at radius 2 is 1.68 bits per heavy atom. The molecule has 0 radical (unpaired) electrons. The molecule has 1 atom stereocenters. The first-order valence-corrected chi connectivity index (χ1v) is 11.1. The topological polar surface area (TPSA) is 42.9 Å². The van der Waals surface area contributed by atoms with Crippen LogP contribution < -0.4 is 0 Å². The number of hydrogen-bond acceptors (Lipinski definition) is 6. The molecule has 1 aromatic rings. The van der Waals surface area contributed by atoms with E-state index in [4.69, 9.17) is 0 Å². The van der Waals surface area contributed by atoms with Crippen LogP contribution in [0.4, 0.5) is 0 Å². The molecule has 0 saturated heterocycles. The molecule has 3 nitrogen and oxygen atoms in total. The molecule has 4 fully saturated rings. The maximum Gasteiger partial charge on any atom is 0.175 e. The van der Waals surface area contributed by atoms with Gasteiger partial charge in [0.25, 0.3) is 0 Å². The van der Waals surface area contributed by atoms with E-state index in [1.165, 1.54) is 19.3 Å². The molecule has 22 heavy (non-hydrogen) atoms. The minimum atomic E-state index is 0.00813. The summed E-state index contributed by atoms with van der Waals surface area (Å²) in [5.74, 6) is 2.99. The van der Waals surface area contributed by atoms with Crippen molar-refractivity contribution in [2.45, 2.75) is 59.4 Å². The molecule has 5 rings (SSSR count). The number of Topliss-reactive ketones (excluding diaryl/α,β-unsaturated/α-hetero) is 1. The molecular weight excluding hydrogens is 332 g/mol. The fourth-order valence-electron chi connectivity index (χ4n) is 5.38. The lowest BCUT2D eigenvalue weighted by molar-refractivity contribution is -0.142. The maximum atomic E-state index is 13.2. The highest BCUT2D eigenvalue weighted by Crippen LogP contribution is 2.61. The minimum Gasteiger partial charge on any atom is -0.298 e. The van der Waals surface area contributed by atoms with Crippen LogP contribution in [0.25, 0.3) is 0 Å². The number of carbonyl (C=O) groups excluding carboxylic acids is 1. The van der Waals surface area contributed by atoms with E-state index < -0.39 is 0 Å². The van der Waals surface area contributed by atoms with E-state index in [1.807, 2.05) is 6.26 Å². The largest absolute Gasteiger partial charge is 0.298 e. The van der Waals surface area contributed by atoms with Crippen LogP contribution in [0.5, 0.6) is 0 Å². The van der Waals surface area contributed by atoms with Gasteiger partial charge in [0.1, 0.15) is 0 Å². The smallest absolute Gasteiger partial charge is 0.175 e. The van der Waals surface area contributed by atoms with Gasteiger partial charge >= 0.3 is 0 Å². The van der Waals surface area contributed by atoms with Gasteiger partial charge in [-0.15, -0.1) is 10.2 Å². The summed E-state index contributed by atoms with van der Waals surface area (Å²) in [6.07, 6.45) is 9.67. The predicted molar refractivity (Wildman–Crippen MR) is 92.6 cm³/mol. The second kappa shape index (κ2) is 5.78. The molecule has 120 valence electrons. The average molecular weight is 355 g/mol. The van der Waals surface area contributed by atoms with Crippen LogP contribution in [0.1, 0.15) is 45.4 Å². The van der Waals surface area contributed by atoms with Crippen molar-refractivity contribution in [1.29, 1.82) is 0 Å². The van der Waals surface area contributed by atoms with E-state index in [1.54, 1.807) is 34.9 Å². The third kappa shape index (κ3) is 2.65. The first-order chi connectivity index (χ1) is 10.6. The summed E-state index contributed by atoms with van der Waals surface area (Å²) < 4.78 is 1.92. The lowest BCUT2D eigenvalue weighted by atomic mass is 9.48. The normalized spacial score (nSPS) is 37.5. The van der Waals surface area contributed by atoms with Crippen molar-refractivity contribution in [2.75, 3.05) is 6.26 Å². The summed E-state index contributed by atoms with van der Waals surface area (Å²) in [5.41, 5.74) is 0.00813. The zero-order chi connectivity index (χ0) is 15.3. The van der Waals surface area contributed by atoms with Gasteiger partial charge in [-0.3, -0.25) is 4.79 Å². The molecule has 0 spiro atoms. The zero-order valence-electron chi connectivity index (χ0n) is 13.1. The first-order valence-electron chi connectivity index (χ1n) is 8.16.